The first-order valence-corrected chi connectivity index (χ1v) is 11.3. The maximum absolute atomic E-state index is 13.9. The normalized spacial score (nSPS) is 20.6. The van der Waals surface area contributed by atoms with Crippen LogP contribution >= 0.6 is 11.6 Å². The molecule has 1 aliphatic heterocycles. The average Bonchev–Trinajstić information content (AvgIpc) is 3.04. The average molecular weight is 432 g/mol. The topological polar surface area (TPSA) is 54.5 Å². The van der Waals surface area contributed by atoms with Gasteiger partial charge in [0.05, 0.1) is 10.9 Å². The summed E-state index contributed by atoms with van der Waals surface area (Å²) < 4.78 is 29.3. The Bertz CT molecular complexity index is 1070. The molecular weight excluding hydrogens is 406 g/mol. The lowest BCUT2D eigenvalue weighted by atomic mass is 9.87. The predicted octanol–water partition coefficient (Wildman–Crippen LogP) is 5.32. The van der Waals surface area contributed by atoms with Crippen LogP contribution in [0.5, 0.6) is 0 Å². The smallest absolute Gasteiger partial charge is 0.244 e. The Morgan fingerprint density at radius 3 is 2.14 bits per heavy atom. The van der Waals surface area contributed by atoms with E-state index < -0.39 is 27.5 Å². The lowest BCUT2D eigenvalue weighted by Gasteiger charge is -2.37. The molecule has 0 aromatic heterocycles. The van der Waals surface area contributed by atoms with Crippen LogP contribution in [-0.2, 0) is 14.8 Å². The van der Waals surface area contributed by atoms with Crippen molar-refractivity contribution in [3.63, 3.8) is 0 Å². The van der Waals surface area contributed by atoms with Crippen molar-refractivity contribution in [3.05, 3.63) is 76.3 Å². The largest absolute Gasteiger partial charge is 0.295 e. The maximum atomic E-state index is 13.9. The highest BCUT2D eigenvalue weighted by atomic mass is 35.5. The molecular formula is C23H26ClNO3S. The van der Waals surface area contributed by atoms with E-state index in [0.29, 0.717) is 16.2 Å². The van der Waals surface area contributed by atoms with Gasteiger partial charge in [-0.15, -0.1) is 0 Å². The van der Waals surface area contributed by atoms with Gasteiger partial charge in [-0.05, 0) is 48.6 Å². The van der Waals surface area contributed by atoms with Crippen LogP contribution in [0, 0.1) is 12.3 Å². The number of rotatable bonds is 4. The second kappa shape index (κ2) is 7.71. The van der Waals surface area contributed by atoms with Crippen LogP contribution in [0.3, 0.4) is 0 Å². The van der Waals surface area contributed by atoms with Gasteiger partial charge < -0.3 is 0 Å². The van der Waals surface area contributed by atoms with E-state index in [0.717, 1.165) is 5.56 Å². The molecule has 1 heterocycles. The Labute approximate surface area is 178 Å². The summed E-state index contributed by atoms with van der Waals surface area (Å²) in [6.07, 6.45) is 1.82. The second-order valence-electron chi connectivity index (χ2n) is 8.54. The van der Waals surface area contributed by atoms with Crippen LogP contribution in [0.4, 0.5) is 0 Å². The van der Waals surface area contributed by atoms with E-state index in [1.165, 1.54) is 11.2 Å². The summed E-state index contributed by atoms with van der Waals surface area (Å²) in [7, 11) is -3.88. The van der Waals surface area contributed by atoms with Gasteiger partial charge in [0, 0.05) is 16.6 Å². The van der Waals surface area contributed by atoms with Crippen molar-refractivity contribution in [1.82, 2.24) is 4.31 Å². The SMILES string of the molecule is CC(=O)C1=C[C@@H](C(C)(C)C)N(S(=O)(=O)c2ccccc2C)C1c1ccc(Cl)cc1. The van der Waals surface area contributed by atoms with Gasteiger partial charge in [-0.25, -0.2) is 8.42 Å². The summed E-state index contributed by atoms with van der Waals surface area (Å²) in [4.78, 5) is 12.8. The first-order chi connectivity index (χ1) is 13.4. The molecule has 2 atom stereocenters. The number of hydrogen-bond donors (Lipinski definition) is 0. The van der Waals surface area contributed by atoms with Gasteiger partial charge in [-0.3, -0.25) is 4.79 Å². The second-order valence-corrected chi connectivity index (χ2v) is 10.8. The highest BCUT2D eigenvalue weighted by Gasteiger charge is 2.49. The van der Waals surface area contributed by atoms with Gasteiger partial charge in [-0.1, -0.05) is 68.8 Å². The van der Waals surface area contributed by atoms with E-state index in [1.54, 1.807) is 49.4 Å². The number of carbonyl (C=O) groups is 1. The van der Waals surface area contributed by atoms with Gasteiger partial charge in [0.2, 0.25) is 10.0 Å². The van der Waals surface area contributed by atoms with Gasteiger partial charge in [-0.2, -0.15) is 4.31 Å². The molecule has 0 N–H and O–H groups in total. The van der Waals surface area contributed by atoms with E-state index in [2.05, 4.69) is 0 Å². The zero-order valence-electron chi connectivity index (χ0n) is 17.3. The zero-order valence-corrected chi connectivity index (χ0v) is 18.9. The minimum Gasteiger partial charge on any atom is -0.295 e. The Morgan fingerprint density at radius 2 is 1.62 bits per heavy atom. The predicted molar refractivity (Wildman–Crippen MR) is 116 cm³/mol. The molecule has 154 valence electrons. The number of Topliss-reactive ketones (excluding diaryl/α,β-unsaturated/α-hetero) is 1. The van der Waals surface area contributed by atoms with Gasteiger partial charge in [0.25, 0.3) is 0 Å². The molecule has 0 amide bonds. The third kappa shape index (κ3) is 4.04. The Kier molecular flexibility index (Phi) is 5.78. The molecule has 2 aromatic rings. The molecule has 3 rings (SSSR count). The lowest BCUT2D eigenvalue weighted by Crippen LogP contribution is -2.45. The van der Waals surface area contributed by atoms with Crippen molar-refractivity contribution < 1.29 is 13.2 Å². The molecule has 1 unspecified atom stereocenters. The first kappa shape index (κ1) is 21.8. The molecule has 29 heavy (non-hydrogen) atoms. The Balaban J connectivity index is 2.27. The molecule has 0 fully saturated rings. The van der Waals surface area contributed by atoms with E-state index >= 15 is 0 Å². The fourth-order valence-corrected chi connectivity index (χ4v) is 6.06. The monoisotopic (exact) mass is 431 g/mol. The van der Waals surface area contributed by atoms with Crippen LogP contribution in [0.25, 0.3) is 0 Å². The third-order valence-corrected chi connectivity index (χ3v) is 7.55. The van der Waals surface area contributed by atoms with Crippen molar-refractivity contribution >= 4 is 27.4 Å². The van der Waals surface area contributed by atoms with Gasteiger partial charge in [0.15, 0.2) is 5.78 Å². The highest BCUT2D eigenvalue weighted by Crippen LogP contribution is 2.46. The Morgan fingerprint density at radius 1 is 1.03 bits per heavy atom. The summed E-state index contributed by atoms with van der Waals surface area (Å²) in [5, 5.41) is 0.556. The van der Waals surface area contributed by atoms with Crippen LogP contribution in [0.2, 0.25) is 5.02 Å². The summed E-state index contributed by atoms with van der Waals surface area (Å²) in [5.74, 6) is -0.137. The van der Waals surface area contributed by atoms with Crippen molar-refractivity contribution in [2.45, 2.75) is 51.6 Å². The van der Waals surface area contributed by atoms with E-state index in [-0.39, 0.29) is 10.7 Å². The molecule has 6 heteroatoms. The zero-order chi connectivity index (χ0) is 21.6. The minimum atomic E-state index is -3.88. The molecule has 1 aliphatic rings. The van der Waals surface area contributed by atoms with Crippen LogP contribution in [-0.4, -0.2) is 24.5 Å². The Hall–Kier alpha value is -1.95. The number of sulfonamides is 1. The molecule has 2 aromatic carbocycles. The first-order valence-electron chi connectivity index (χ1n) is 9.52. The van der Waals surface area contributed by atoms with Gasteiger partial charge in [0.1, 0.15) is 0 Å². The highest BCUT2D eigenvalue weighted by molar-refractivity contribution is 7.89. The standard InChI is InChI=1S/C23H26ClNO3S/c1-15-8-6-7-9-20(15)29(27,28)25-21(23(3,4)5)14-19(16(2)26)22(25)17-10-12-18(24)13-11-17/h6-14,21-22H,1-5H3/t21-,22?/m0/s1. The number of nitrogens with zero attached hydrogens (tertiary/aromatic N) is 1. The van der Waals surface area contributed by atoms with Crippen molar-refractivity contribution in [2.24, 2.45) is 5.41 Å². The van der Waals surface area contributed by atoms with Gasteiger partial charge >= 0.3 is 0 Å². The summed E-state index contributed by atoms with van der Waals surface area (Å²) >= 11 is 6.05. The third-order valence-electron chi connectivity index (χ3n) is 5.29. The van der Waals surface area contributed by atoms with Crippen LogP contribution < -0.4 is 0 Å². The maximum Gasteiger partial charge on any atom is 0.244 e. The van der Waals surface area contributed by atoms with E-state index in [1.807, 2.05) is 32.9 Å². The van der Waals surface area contributed by atoms with Crippen molar-refractivity contribution in [3.8, 4) is 0 Å². The number of halogens is 1. The molecule has 4 nitrogen and oxygen atoms in total. The van der Waals surface area contributed by atoms with Crippen molar-refractivity contribution in [1.29, 1.82) is 0 Å². The fraction of sp³-hybridized carbons (Fsp3) is 0.348. The molecule has 0 aliphatic carbocycles. The molecule has 0 saturated heterocycles. The number of hydrogen-bond acceptors (Lipinski definition) is 3. The lowest BCUT2D eigenvalue weighted by molar-refractivity contribution is -0.114. The minimum absolute atomic E-state index is 0.137. The molecule has 0 bridgehead atoms. The van der Waals surface area contributed by atoms with Crippen LogP contribution in [0.15, 0.2) is 65.1 Å². The number of carbonyl (C=O) groups excluding carboxylic acids is 1. The van der Waals surface area contributed by atoms with Crippen LogP contribution in [0.1, 0.15) is 44.9 Å². The number of benzene rings is 2. The molecule has 0 saturated carbocycles. The van der Waals surface area contributed by atoms with Crippen molar-refractivity contribution in [2.75, 3.05) is 0 Å². The molecule has 0 spiro atoms. The number of aryl methyl sites for hydroxylation is 1. The van der Waals surface area contributed by atoms with E-state index in [4.69, 9.17) is 11.6 Å². The molecule has 0 radical (unpaired) electrons. The number of ketones is 1. The quantitative estimate of drug-likeness (QED) is 0.657. The summed E-state index contributed by atoms with van der Waals surface area (Å²) in [6, 6.07) is 12.8. The summed E-state index contributed by atoms with van der Waals surface area (Å²) in [5.41, 5.74) is 1.48. The van der Waals surface area contributed by atoms with E-state index in [9.17, 15) is 13.2 Å². The summed E-state index contributed by atoms with van der Waals surface area (Å²) in [6.45, 7) is 9.22. The fourth-order valence-electron chi connectivity index (χ4n) is 3.79.